The number of amides is 1. The third-order valence-electron chi connectivity index (χ3n) is 4.63. The fourth-order valence-corrected chi connectivity index (χ4v) is 3.76. The van der Waals surface area contributed by atoms with Gasteiger partial charge in [0, 0.05) is 11.6 Å². The Hall–Kier alpha value is -3.85. The van der Waals surface area contributed by atoms with E-state index in [1.807, 2.05) is 0 Å². The van der Waals surface area contributed by atoms with E-state index in [4.69, 9.17) is 0 Å². The minimum Gasteiger partial charge on any atom is -0.318 e. The molecular weight excluding hydrogens is 421 g/mol. The smallest absolute Gasteiger partial charge is 0.279 e. The molecule has 0 bridgehead atoms. The third kappa shape index (κ3) is 3.95. The van der Waals surface area contributed by atoms with Gasteiger partial charge in [0.05, 0.1) is 21.7 Å². The Labute approximate surface area is 176 Å². The van der Waals surface area contributed by atoms with E-state index in [1.165, 1.54) is 0 Å². The lowest BCUT2D eigenvalue weighted by molar-refractivity contribution is 0.102. The number of aromatic nitrogens is 2. The Kier molecular flexibility index (Phi) is 5.12. The predicted molar refractivity (Wildman–Crippen MR) is 115 cm³/mol. The number of carbonyl (C=O) groups excluding carboxylic acids is 1. The van der Waals surface area contributed by atoms with Crippen molar-refractivity contribution >= 4 is 32.2 Å². The van der Waals surface area contributed by atoms with Gasteiger partial charge in [0.1, 0.15) is 5.82 Å². The molecule has 0 unspecified atom stereocenters. The number of hydrogen-bond donors (Lipinski definition) is 1. The van der Waals surface area contributed by atoms with Gasteiger partial charge < -0.3 is 5.32 Å². The minimum atomic E-state index is -3.60. The molecule has 1 aromatic heterocycles. The van der Waals surface area contributed by atoms with Crippen molar-refractivity contribution in [1.29, 1.82) is 0 Å². The Morgan fingerprint density at radius 3 is 2.29 bits per heavy atom. The quantitative estimate of drug-likeness (QED) is 0.495. The maximum absolute atomic E-state index is 14.3. The first-order valence-corrected chi connectivity index (χ1v) is 11.0. The van der Waals surface area contributed by atoms with Gasteiger partial charge in [-0.1, -0.05) is 36.4 Å². The molecule has 0 saturated carbocycles. The number of halogens is 1. The SMILES string of the molecule is CS(=O)(=O)c1ccc(F)c(NC(=O)c2nn(-c3ccccc3)c(=O)c3ccccc23)c1. The summed E-state index contributed by atoms with van der Waals surface area (Å²) in [6.07, 6.45) is 0.983. The van der Waals surface area contributed by atoms with Crippen molar-refractivity contribution < 1.29 is 17.6 Å². The molecule has 31 heavy (non-hydrogen) atoms. The van der Waals surface area contributed by atoms with Crippen LogP contribution < -0.4 is 10.9 Å². The first-order valence-electron chi connectivity index (χ1n) is 9.14. The molecule has 1 amide bonds. The summed E-state index contributed by atoms with van der Waals surface area (Å²) in [4.78, 5) is 25.8. The van der Waals surface area contributed by atoms with Crippen LogP contribution in [0.3, 0.4) is 0 Å². The summed E-state index contributed by atoms with van der Waals surface area (Å²) >= 11 is 0. The van der Waals surface area contributed by atoms with Crippen LogP contribution >= 0.6 is 0 Å². The average molecular weight is 437 g/mol. The molecule has 4 rings (SSSR count). The zero-order valence-electron chi connectivity index (χ0n) is 16.2. The van der Waals surface area contributed by atoms with Gasteiger partial charge in [-0.3, -0.25) is 9.59 Å². The molecule has 0 atom stereocenters. The fraction of sp³-hybridized carbons (Fsp3) is 0.0455. The number of nitrogens with zero attached hydrogens (tertiary/aromatic N) is 2. The summed E-state index contributed by atoms with van der Waals surface area (Å²) in [5, 5.41) is 7.14. The molecule has 0 aliphatic heterocycles. The van der Waals surface area contributed by atoms with Gasteiger partial charge in [-0.05, 0) is 36.4 Å². The first kappa shape index (κ1) is 20.4. The summed E-state index contributed by atoms with van der Waals surface area (Å²) in [6, 6.07) is 18.1. The summed E-state index contributed by atoms with van der Waals surface area (Å²) in [6.45, 7) is 0. The van der Waals surface area contributed by atoms with Crippen molar-refractivity contribution in [2.24, 2.45) is 0 Å². The highest BCUT2D eigenvalue weighted by atomic mass is 32.2. The molecule has 1 N–H and O–H groups in total. The molecule has 0 aliphatic carbocycles. The second-order valence-corrected chi connectivity index (χ2v) is 8.83. The second kappa shape index (κ2) is 7.77. The number of anilines is 1. The van der Waals surface area contributed by atoms with Crippen LogP contribution in [0, 0.1) is 5.82 Å². The van der Waals surface area contributed by atoms with Crippen molar-refractivity contribution in [3.8, 4) is 5.69 Å². The highest BCUT2D eigenvalue weighted by molar-refractivity contribution is 7.90. The van der Waals surface area contributed by atoms with E-state index in [-0.39, 0.29) is 27.0 Å². The van der Waals surface area contributed by atoms with Crippen LogP contribution in [0.5, 0.6) is 0 Å². The molecule has 156 valence electrons. The number of sulfone groups is 1. The second-order valence-electron chi connectivity index (χ2n) is 6.81. The number of fused-ring (bicyclic) bond motifs is 1. The van der Waals surface area contributed by atoms with Gasteiger partial charge in [-0.15, -0.1) is 0 Å². The number of para-hydroxylation sites is 1. The van der Waals surface area contributed by atoms with E-state index < -0.39 is 27.1 Å². The molecule has 0 aliphatic rings. The molecular formula is C22H16FN3O4S. The van der Waals surface area contributed by atoms with E-state index in [2.05, 4.69) is 10.4 Å². The van der Waals surface area contributed by atoms with Crippen molar-refractivity contribution in [2.75, 3.05) is 11.6 Å². The number of nitrogens with one attached hydrogen (secondary N) is 1. The normalized spacial score (nSPS) is 11.4. The molecule has 0 spiro atoms. The fourth-order valence-electron chi connectivity index (χ4n) is 3.11. The van der Waals surface area contributed by atoms with Crippen LogP contribution in [0.1, 0.15) is 10.5 Å². The molecule has 9 heteroatoms. The lowest BCUT2D eigenvalue weighted by Crippen LogP contribution is -2.26. The monoisotopic (exact) mass is 437 g/mol. The minimum absolute atomic E-state index is 0.108. The van der Waals surface area contributed by atoms with Gasteiger partial charge in [0.2, 0.25) is 0 Å². The van der Waals surface area contributed by atoms with Crippen LogP contribution in [-0.4, -0.2) is 30.4 Å². The summed E-state index contributed by atoms with van der Waals surface area (Å²) in [5.74, 6) is -1.59. The van der Waals surface area contributed by atoms with E-state index in [0.29, 0.717) is 5.69 Å². The summed E-state index contributed by atoms with van der Waals surface area (Å²) in [5.41, 5.74) is -0.374. The first-order chi connectivity index (χ1) is 14.8. The van der Waals surface area contributed by atoms with Gasteiger partial charge >= 0.3 is 0 Å². The number of benzene rings is 3. The van der Waals surface area contributed by atoms with Gasteiger partial charge in [0.15, 0.2) is 15.5 Å². The van der Waals surface area contributed by atoms with Crippen LogP contribution in [0.15, 0.2) is 82.5 Å². The van der Waals surface area contributed by atoms with Crippen molar-refractivity contribution in [2.45, 2.75) is 4.90 Å². The predicted octanol–water partition coefficient (Wildman–Crippen LogP) is 3.18. The van der Waals surface area contributed by atoms with E-state index in [9.17, 15) is 22.4 Å². The Morgan fingerprint density at radius 2 is 1.61 bits per heavy atom. The van der Waals surface area contributed by atoms with E-state index >= 15 is 0 Å². The molecule has 0 saturated heterocycles. The van der Waals surface area contributed by atoms with Gasteiger partial charge in [-0.2, -0.15) is 9.78 Å². The molecule has 1 heterocycles. The lowest BCUT2D eigenvalue weighted by Gasteiger charge is -2.12. The largest absolute Gasteiger partial charge is 0.318 e. The topological polar surface area (TPSA) is 98.1 Å². The van der Waals surface area contributed by atoms with E-state index in [0.717, 1.165) is 29.1 Å². The third-order valence-corrected chi connectivity index (χ3v) is 5.75. The highest BCUT2D eigenvalue weighted by Gasteiger charge is 2.20. The Morgan fingerprint density at radius 1 is 0.968 bits per heavy atom. The maximum Gasteiger partial charge on any atom is 0.279 e. The zero-order chi connectivity index (χ0) is 22.2. The van der Waals surface area contributed by atoms with Crippen LogP contribution in [0.2, 0.25) is 0 Å². The lowest BCUT2D eigenvalue weighted by atomic mass is 10.1. The molecule has 4 aromatic rings. The molecule has 3 aromatic carbocycles. The zero-order valence-corrected chi connectivity index (χ0v) is 17.1. The Bertz CT molecular complexity index is 1480. The summed E-state index contributed by atoms with van der Waals surface area (Å²) < 4.78 is 38.9. The van der Waals surface area contributed by atoms with Crippen molar-refractivity contribution in [1.82, 2.24) is 9.78 Å². The molecule has 7 nitrogen and oxygen atoms in total. The van der Waals surface area contributed by atoms with Gasteiger partial charge in [-0.25, -0.2) is 12.8 Å². The number of hydrogen-bond acceptors (Lipinski definition) is 5. The standard InChI is InChI=1S/C22H16FN3O4S/c1-31(29,30)15-11-12-18(23)19(13-15)24-21(27)20-16-9-5-6-10-17(16)22(28)26(25-20)14-7-3-2-4-8-14/h2-13H,1H3,(H,24,27). The van der Waals surface area contributed by atoms with Crippen LogP contribution in [-0.2, 0) is 9.84 Å². The molecule has 0 radical (unpaired) electrons. The van der Waals surface area contributed by atoms with Crippen molar-refractivity contribution in [3.63, 3.8) is 0 Å². The number of rotatable bonds is 4. The van der Waals surface area contributed by atoms with E-state index in [1.54, 1.807) is 54.6 Å². The van der Waals surface area contributed by atoms with Crippen molar-refractivity contribution in [3.05, 3.63) is 94.7 Å². The number of carbonyl (C=O) groups is 1. The highest BCUT2D eigenvalue weighted by Crippen LogP contribution is 2.22. The maximum atomic E-state index is 14.3. The van der Waals surface area contributed by atoms with Gasteiger partial charge in [0.25, 0.3) is 11.5 Å². The molecule has 0 fully saturated rings. The van der Waals surface area contributed by atoms with Crippen LogP contribution in [0.4, 0.5) is 10.1 Å². The Balaban J connectivity index is 1.86. The average Bonchev–Trinajstić information content (AvgIpc) is 2.75. The van der Waals surface area contributed by atoms with Crippen LogP contribution in [0.25, 0.3) is 16.5 Å². The summed E-state index contributed by atoms with van der Waals surface area (Å²) in [7, 11) is -3.60.